The summed E-state index contributed by atoms with van der Waals surface area (Å²) < 4.78 is 0. The van der Waals surface area contributed by atoms with Crippen molar-refractivity contribution in [2.24, 2.45) is 11.8 Å². The van der Waals surface area contributed by atoms with Gasteiger partial charge in [-0.25, -0.2) is 0 Å². The third kappa shape index (κ3) is 4.27. The average molecular weight is 252 g/mol. The van der Waals surface area contributed by atoms with Gasteiger partial charge >= 0.3 is 0 Å². The van der Waals surface area contributed by atoms with Crippen LogP contribution in [-0.2, 0) is 4.79 Å². The van der Waals surface area contributed by atoms with Gasteiger partial charge in [-0.3, -0.25) is 9.69 Å². The zero-order valence-electron chi connectivity index (χ0n) is 12.0. The highest BCUT2D eigenvalue weighted by Gasteiger charge is 2.27. The molecule has 3 nitrogen and oxygen atoms in total. The van der Waals surface area contributed by atoms with Crippen LogP contribution in [0, 0.1) is 11.8 Å². The number of amides is 1. The van der Waals surface area contributed by atoms with Crippen molar-refractivity contribution in [3.63, 3.8) is 0 Å². The Labute approximate surface area is 112 Å². The van der Waals surface area contributed by atoms with Gasteiger partial charge in [0.25, 0.3) is 0 Å². The maximum Gasteiger partial charge on any atom is 0.236 e. The van der Waals surface area contributed by atoms with Crippen molar-refractivity contribution in [1.82, 2.24) is 9.80 Å². The molecule has 1 amide bonds. The number of piperidine rings is 1. The fourth-order valence-corrected chi connectivity index (χ4v) is 2.92. The molecule has 1 aliphatic heterocycles. The Morgan fingerprint density at radius 1 is 1.33 bits per heavy atom. The lowest BCUT2D eigenvalue weighted by Crippen LogP contribution is -2.45. The summed E-state index contributed by atoms with van der Waals surface area (Å²) >= 11 is 0. The standard InChI is InChI=1S/C15H28N2O/c1-3-8-16(11-14-6-7-14)12-15(18)17-9-4-5-13(2)10-17/h13-14H,3-12H2,1-2H3. The van der Waals surface area contributed by atoms with Gasteiger partial charge in [-0.1, -0.05) is 13.8 Å². The van der Waals surface area contributed by atoms with Gasteiger partial charge in [-0.05, 0) is 50.5 Å². The SMILES string of the molecule is CCCN(CC(=O)N1CCCC(C)C1)CC1CC1. The van der Waals surface area contributed by atoms with Gasteiger partial charge in [-0.2, -0.15) is 0 Å². The minimum absolute atomic E-state index is 0.357. The molecule has 1 unspecified atom stereocenters. The number of nitrogens with zero attached hydrogens (tertiary/aromatic N) is 2. The van der Waals surface area contributed by atoms with Crippen molar-refractivity contribution in [2.45, 2.75) is 46.0 Å². The molecule has 0 spiro atoms. The molecule has 104 valence electrons. The minimum atomic E-state index is 0.357. The normalized spacial score (nSPS) is 24.6. The van der Waals surface area contributed by atoms with Gasteiger partial charge < -0.3 is 4.90 Å². The highest BCUT2D eigenvalue weighted by Crippen LogP contribution is 2.29. The van der Waals surface area contributed by atoms with Crippen molar-refractivity contribution in [2.75, 3.05) is 32.7 Å². The molecular formula is C15H28N2O. The fraction of sp³-hybridized carbons (Fsp3) is 0.933. The van der Waals surface area contributed by atoms with E-state index in [1.54, 1.807) is 0 Å². The van der Waals surface area contributed by atoms with Gasteiger partial charge in [-0.15, -0.1) is 0 Å². The quantitative estimate of drug-likeness (QED) is 0.724. The summed E-state index contributed by atoms with van der Waals surface area (Å²) in [6.45, 7) is 9.28. The maximum atomic E-state index is 12.3. The zero-order valence-corrected chi connectivity index (χ0v) is 12.0. The van der Waals surface area contributed by atoms with Crippen molar-refractivity contribution >= 4 is 5.91 Å². The molecule has 0 radical (unpaired) electrons. The van der Waals surface area contributed by atoms with Crippen LogP contribution in [0.5, 0.6) is 0 Å². The number of rotatable bonds is 6. The molecule has 2 rings (SSSR count). The minimum Gasteiger partial charge on any atom is -0.341 e. The van der Waals surface area contributed by atoms with E-state index in [9.17, 15) is 4.79 Å². The monoisotopic (exact) mass is 252 g/mol. The first-order valence-corrected chi connectivity index (χ1v) is 7.69. The summed E-state index contributed by atoms with van der Waals surface area (Å²) in [6, 6.07) is 0. The van der Waals surface area contributed by atoms with Gasteiger partial charge in [0.05, 0.1) is 6.54 Å². The molecule has 1 saturated carbocycles. The summed E-state index contributed by atoms with van der Waals surface area (Å²) in [6.07, 6.45) is 6.36. The molecule has 1 saturated heterocycles. The zero-order chi connectivity index (χ0) is 13.0. The van der Waals surface area contributed by atoms with Gasteiger partial charge in [0.2, 0.25) is 5.91 Å². The van der Waals surface area contributed by atoms with E-state index in [4.69, 9.17) is 0 Å². The lowest BCUT2D eigenvalue weighted by Gasteiger charge is -2.33. The topological polar surface area (TPSA) is 23.6 Å². The second-order valence-electron chi connectivity index (χ2n) is 6.27. The molecule has 3 heteroatoms. The Morgan fingerprint density at radius 2 is 2.11 bits per heavy atom. The first kappa shape index (κ1) is 13.9. The Bertz CT molecular complexity index is 276. The van der Waals surface area contributed by atoms with E-state index in [1.807, 2.05) is 0 Å². The van der Waals surface area contributed by atoms with Crippen LogP contribution in [0.4, 0.5) is 0 Å². The van der Waals surface area contributed by atoms with Crippen LogP contribution in [0.25, 0.3) is 0 Å². The summed E-state index contributed by atoms with van der Waals surface area (Å²) in [5, 5.41) is 0. The second kappa shape index (κ2) is 6.55. The van der Waals surface area contributed by atoms with E-state index >= 15 is 0 Å². The molecule has 1 atom stereocenters. The molecule has 0 aromatic carbocycles. The molecule has 1 heterocycles. The average Bonchev–Trinajstić information content (AvgIpc) is 3.13. The van der Waals surface area contributed by atoms with E-state index in [0.717, 1.165) is 38.5 Å². The summed E-state index contributed by atoms with van der Waals surface area (Å²) in [5.41, 5.74) is 0. The van der Waals surface area contributed by atoms with Crippen molar-refractivity contribution in [3.8, 4) is 0 Å². The number of hydrogen-bond donors (Lipinski definition) is 0. The van der Waals surface area contributed by atoms with E-state index in [0.29, 0.717) is 18.4 Å². The molecular weight excluding hydrogens is 224 g/mol. The molecule has 2 aliphatic rings. The highest BCUT2D eigenvalue weighted by atomic mass is 16.2. The Balaban J connectivity index is 1.78. The smallest absolute Gasteiger partial charge is 0.236 e. The Morgan fingerprint density at radius 3 is 2.72 bits per heavy atom. The summed E-state index contributed by atoms with van der Waals surface area (Å²) in [5.74, 6) is 1.92. The third-order valence-corrected chi connectivity index (χ3v) is 4.12. The Kier molecular flexibility index (Phi) is 5.04. The first-order chi connectivity index (χ1) is 8.69. The van der Waals surface area contributed by atoms with Crippen LogP contribution in [-0.4, -0.2) is 48.4 Å². The van der Waals surface area contributed by atoms with Gasteiger partial charge in [0, 0.05) is 19.6 Å². The van der Waals surface area contributed by atoms with Crippen LogP contribution in [0.3, 0.4) is 0 Å². The summed E-state index contributed by atoms with van der Waals surface area (Å²) in [7, 11) is 0. The summed E-state index contributed by atoms with van der Waals surface area (Å²) in [4.78, 5) is 16.8. The molecule has 0 aromatic heterocycles. The van der Waals surface area contributed by atoms with Crippen LogP contribution in [0.1, 0.15) is 46.0 Å². The molecule has 0 bridgehead atoms. The maximum absolute atomic E-state index is 12.3. The molecule has 2 fully saturated rings. The lowest BCUT2D eigenvalue weighted by molar-refractivity contribution is -0.134. The largest absolute Gasteiger partial charge is 0.341 e. The predicted octanol–water partition coefficient (Wildman–Crippen LogP) is 2.37. The number of carbonyl (C=O) groups is 1. The van der Waals surface area contributed by atoms with Crippen molar-refractivity contribution in [1.29, 1.82) is 0 Å². The van der Waals surface area contributed by atoms with E-state index in [2.05, 4.69) is 23.6 Å². The number of hydrogen-bond acceptors (Lipinski definition) is 2. The molecule has 0 N–H and O–H groups in total. The molecule has 1 aliphatic carbocycles. The van der Waals surface area contributed by atoms with Crippen LogP contribution in [0.15, 0.2) is 0 Å². The van der Waals surface area contributed by atoms with Crippen molar-refractivity contribution < 1.29 is 4.79 Å². The second-order valence-corrected chi connectivity index (χ2v) is 6.27. The van der Waals surface area contributed by atoms with Gasteiger partial charge in [0.15, 0.2) is 0 Å². The van der Waals surface area contributed by atoms with E-state index in [-0.39, 0.29) is 0 Å². The molecule has 0 aromatic rings. The first-order valence-electron chi connectivity index (χ1n) is 7.69. The van der Waals surface area contributed by atoms with Gasteiger partial charge in [0.1, 0.15) is 0 Å². The molecule has 18 heavy (non-hydrogen) atoms. The van der Waals surface area contributed by atoms with Crippen molar-refractivity contribution in [3.05, 3.63) is 0 Å². The highest BCUT2D eigenvalue weighted by molar-refractivity contribution is 5.78. The lowest BCUT2D eigenvalue weighted by atomic mass is 10.0. The third-order valence-electron chi connectivity index (χ3n) is 4.12. The predicted molar refractivity (Wildman–Crippen MR) is 74.4 cm³/mol. The van der Waals surface area contributed by atoms with Crippen LogP contribution < -0.4 is 0 Å². The number of carbonyl (C=O) groups excluding carboxylic acids is 1. The fourth-order valence-electron chi connectivity index (χ4n) is 2.92. The Hall–Kier alpha value is -0.570. The van der Waals surface area contributed by atoms with E-state index < -0.39 is 0 Å². The van der Waals surface area contributed by atoms with E-state index in [1.165, 1.54) is 25.7 Å². The number of likely N-dealkylation sites (tertiary alicyclic amines) is 1. The van der Waals surface area contributed by atoms with Crippen LogP contribution in [0.2, 0.25) is 0 Å². The van der Waals surface area contributed by atoms with Crippen LogP contribution >= 0.6 is 0 Å².